The van der Waals surface area contributed by atoms with Crippen LogP contribution in [0.4, 0.5) is 0 Å². The lowest BCUT2D eigenvalue weighted by molar-refractivity contribution is 0.303. The van der Waals surface area contributed by atoms with Crippen LogP contribution < -0.4 is 4.74 Å². The summed E-state index contributed by atoms with van der Waals surface area (Å²) in [7, 11) is 0. The van der Waals surface area contributed by atoms with Gasteiger partial charge in [0.15, 0.2) is 0 Å². The Morgan fingerprint density at radius 2 is 2.25 bits per heavy atom. The van der Waals surface area contributed by atoms with Gasteiger partial charge in [0.25, 0.3) is 0 Å². The molecule has 82 valence electrons. The van der Waals surface area contributed by atoms with Crippen molar-refractivity contribution in [2.24, 2.45) is 0 Å². The fourth-order valence-corrected chi connectivity index (χ4v) is 2.72. The fourth-order valence-electron chi connectivity index (χ4n) is 1.47. The van der Waals surface area contributed by atoms with Gasteiger partial charge in [0.2, 0.25) is 0 Å². The minimum absolute atomic E-state index is 0.443. The number of halogens is 1. The van der Waals surface area contributed by atoms with Gasteiger partial charge in [0, 0.05) is 10.9 Å². The van der Waals surface area contributed by atoms with Crippen LogP contribution in [0.5, 0.6) is 5.75 Å². The third-order valence-corrected chi connectivity index (χ3v) is 3.98. The Balaban J connectivity index is 1.88. The summed E-state index contributed by atoms with van der Waals surface area (Å²) in [5.41, 5.74) is 1.12. The van der Waals surface area contributed by atoms with Crippen LogP contribution in [0, 0.1) is 0 Å². The zero-order chi connectivity index (χ0) is 11.0. The molecule has 0 atom stereocenters. The maximum atomic E-state index is 5.76. The monoisotopic (exact) mass is 295 g/mol. The molecule has 0 amide bonds. The molecule has 1 aliphatic carbocycles. The average Bonchev–Trinajstić information content (AvgIpc) is 2.98. The van der Waals surface area contributed by atoms with Gasteiger partial charge in [-0.15, -0.1) is 11.3 Å². The molecule has 2 aromatic rings. The van der Waals surface area contributed by atoms with E-state index < -0.39 is 0 Å². The van der Waals surface area contributed by atoms with E-state index in [-0.39, 0.29) is 0 Å². The highest BCUT2D eigenvalue weighted by Crippen LogP contribution is 2.31. The third kappa shape index (κ3) is 2.28. The molecule has 1 aliphatic rings. The van der Waals surface area contributed by atoms with Crippen LogP contribution in [0.15, 0.2) is 34.2 Å². The van der Waals surface area contributed by atoms with Gasteiger partial charge in [0.05, 0.1) is 6.10 Å². The third-order valence-electron chi connectivity index (χ3n) is 2.38. The van der Waals surface area contributed by atoms with E-state index in [0.29, 0.717) is 6.10 Å². The smallest absolute Gasteiger partial charge is 0.124 e. The number of nitrogens with zero attached hydrogens (tertiary/aromatic N) is 1. The lowest BCUT2D eigenvalue weighted by Gasteiger charge is -2.05. The van der Waals surface area contributed by atoms with Crippen molar-refractivity contribution in [2.45, 2.75) is 18.9 Å². The Bertz CT molecular complexity index is 507. The van der Waals surface area contributed by atoms with Gasteiger partial charge in [-0.05, 0) is 40.9 Å². The Labute approximate surface area is 106 Å². The van der Waals surface area contributed by atoms with Crippen LogP contribution >= 0.6 is 27.3 Å². The Morgan fingerprint density at radius 3 is 2.94 bits per heavy atom. The molecule has 2 nitrogen and oxygen atoms in total. The number of benzene rings is 1. The van der Waals surface area contributed by atoms with Gasteiger partial charge < -0.3 is 4.74 Å². The van der Waals surface area contributed by atoms with Crippen LogP contribution in [0.25, 0.3) is 10.6 Å². The van der Waals surface area contributed by atoms with Crippen molar-refractivity contribution in [1.29, 1.82) is 0 Å². The molecule has 1 heterocycles. The topological polar surface area (TPSA) is 22.1 Å². The van der Waals surface area contributed by atoms with Crippen LogP contribution in [0.3, 0.4) is 0 Å². The number of ether oxygens (including phenoxy) is 1. The van der Waals surface area contributed by atoms with Gasteiger partial charge in [-0.3, -0.25) is 0 Å². The normalized spacial score (nSPS) is 15.1. The molecule has 0 saturated heterocycles. The van der Waals surface area contributed by atoms with E-state index in [0.717, 1.165) is 20.9 Å². The molecular formula is C12H10BrNOS. The molecule has 1 saturated carbocycles. The van der Waals surface area contributed by atoms with E-state index in [1.807, 2.05) is 17.5 Å². The second kappa shape index (κ2) is 4.18. The summed E-state index contributed by atoms with van der Waals surface area (Å²) in [5, 5.41) is 3.01. The maximum absolute atomic E-state index is 5.76. The van der Waals surface area contributed by atoms with E-state index in [1.54, 1.807) is 11.3 Å². The summed E-state index contributed by atoms with van der Waals surface area (Å²) < 4.78 is 6.65. The molecule has 4 heteroatoms. The van der Waals surface area contributed by atoms with E-state index >= 15 is 0 Å². The van der Waals surface area contributed by atoms with Crippen molar-refractivity contribution >= 4 is 27.3 Å². The number of aromatic nitrogens is 1. The lowest BCUT2D eigenvalue weighted by atomic mass is 10.2. The van der Waals surface area contributed by atoms with Gasteiger partial charge >= 0.3 is 0 Å². The van der Waals surface area contributed by atoms with Crippen LogP contribution in [-0.4, -0.2) is 11.1 Å². The summed E-state index contributed by atoms with van der Waals surface area (Å²) in [6.45, 7) is 0. The lowest BCUT2D eigenvalue weighted by Crippen LogP contribution is -1.95. The molecule has 0 radical (unpaired) electrons. The summed E-state index contributed by atoms with van der Waals surface area (Å²) in [5.74, 6) is 0.950. The summed E-state index contributed by atoms with van der Waals surface area (Å²) in [6, 6.07) is 8.14. The largest absolute Gasteiger partial charge is 0.490 e. The van der Waals surface area contributed by atoms with Gasteiger partial charge in [-0.25, -0.2) is 4.98 Å². The van der Waals surface area contributed by atoms with Crippen molar-refractivity contribution in [3.05, 3.63) is 34.2 Å². The van der Waals surface area contributed by atoms with Crippen molar-refractivity contribution in [3.63, 3.8) is 0 Å². The fraction of sp³-hybridized carbons (Fsp3) is 0.250. The summed E-state index contributed by atoms with van der Waals surface area (Å²) in [6.07, 6.45) is 2.82. The predicted molar refractivity (Wildman–Crippen MR) is 68.9 cm³/mol. The first-order chi connectivity index (χ1) is 7.81. The molecule has 3 rings (SSSR count). The van der Waals surface area contributed by atoms with Crippen LogP contribution in [0.1, 0.15) is 12.8 Å². The second-order valence-corrected chi connectivity index (χ2v) is 5.49. The average molecular weight is 296 g/mol. The van der Waals surface area contributed by atoms with Crippen LogP contribution in [-0.2, 0) is 0 Å². The van der Waals surface area contributed by atoms with Crippen molar-refractivity contribution < 1.29 is 4.74 Å². The SMILES string of the molecule is Brc1csc(-c2cccc(OC3CC3)c2)n1. The van der Waals surface area contributed by atoms with E-state index in [9.17, 15) is 0 Å². The first-order valence-corrected chi connectivity index (χ1v) is 6.87. The number of rotatable bonds is 3. The standard InChI is InChI=1S/C12H10BrNOS/c13-11-7-16-12(14-11)8-2-1-3-10(6-8)15-9-4-5-9/h1-3,6-7,9H,4-5H2. The van der Waals surface area contributed by atoms with E-state index in [2.05, 4.69) is 33.0 Å². The molecule has 1 aromatic carbocycles. The number of thiazole rings is 1. The Kier molecular flexibility index (Phi) is 2.69. The zero-order valence-corrected chi connectivity index (χ0v) is 10.9. The molecule has 1 fully saturated rings. The zero-order valence-electron chi connectivity index (χ0n) is 8.52. The molecule has 0 aliphatic heterocycles. The Morgan fingerprint density at radius 1 is 1.38 bits per heavy atom. The Hall–Kier alpha value is -0.870. The predicted octanol–water partition coefficient (Wildman–Crippen LogP) is 4.11. The minimum atomic E-state index is 0.443. The first kappa shape index (κ1) is 10.3. The van der Waals surface area contributed by atoms with Crippen molar-refractivity contribution in [3.8, 4) is 16.3 Å². The maximum Gasteiger partial charge on any atom is 0.124 e. The quantitative estimate of drug-likeness (QED) is 0.850. The van der Waals surface area contributed by atoms with Crippen molar-refractivity contribution in [1.82, 2.24) is 4.98 Å². The summed E-state index contributed by atoms with van der Waals surface area (Å²) >= 11 is 5.00. The van der Waals surface area contributed by atoms with Crippen molar-refractivity contribution in [2.75, 3.05) is 0 Å². The minimum Gasteiger partial charge on any atom is -0.490 e. The molecule has 1 aromatic heterocycles. The molecular weight excluding hydrogens is 286 g/mol. The molecule has 0 N–H and O–H groups in total. The molecule has 0 unspecified atom stereocenters. The molecule has 0 bridgehead atoms. The molecule has 0 spiro atoms. The highest BCUT2D eigenvalue weighted by molar-refractivity contribution is 9.10. The highest BCUT2D eigenvalue weighted by atomic mass is 79.9. The van der Waals surface area contributed by atoms with E-state index in [4.69, 9.17) is 4.74 Å². The summed E-state index contributed by atoms with van der Waals surface area (Å²) in [4.78, 5) is 4.40. The van der Waals surface area contributed by atoms with E-state index in [1.165, 1.54) is 12.8 Å². The van der Waals surface area contributed by atoms with Gasteiger partial charge in [0.1, 0.15) is 15.4 Å². The second-order valence-electron chi connectivity index (χ2n) is 3.82. The van der Waals surface area contributed by atoms with Gasteiger partial charge in [-0.2, -0.15) is 0 Å². The number of hydrogen-bond acceptors (Lipinski definition) is 3. The van der Waals surface area contributed by atoms with Crippen LogP contribution in [0.2, 0.25) is 0 Å². The molecule has 16 heavy (non-hydrogen) atoms. The number of hydrogen-bond donors (Lipinski definition) is 0. The highest BCUT2D eigenvalue weighted by Gasteiger charge is 2.23. The van der Waals surface area contributed by atoms with Gasteiger partial charge in [-0.1, -0.05) is 12.1 Å². The first-order valence-electron chi connectivity index (χ1n) is 5.19.